The maximum Gasteiger partial charge on any atom is 0.391 e. The number of nitrogens with two attached hydrogens (primary N) is 2. The first-order valence-corrected chi connectivity index (χ1v) is 27.3. The number of fused-ring (bicyclic) bond motifs is 4. The van der Waals surface area contributed by atoms with Gasteiger partial charge in [0, 0.05) is 54.3 Å². The number of hydrogen-bond acceptors (Lipinski definition) is 26. The lowest BCUT2D eigenvalue weighted by Crippen LogP contribution is -2.18. The van der Waals surface area contributed by atoms with Crippen LogP contribution in [0.5, 0.6) is 23.0 Å². The molecule has 12 heterocycles. The Morgan fingerprint density at radius 3 is 1.49 bits per heavy atom. The molecule has 1 amide bonds. The summed E-state index contributed by atoms with van der Waals surface area (Å²) < 4.78 is 34.1. The number of rotatable bonds is 11. The van der Waals surface area contributed by atoms with Crippen LogP contribution in [0.25, 0.3) is 61.1 Å². The van der Waals surface area contributed by atoms with Crippen LogP contribution in [0.2, 0.25) is 5.15 Å². The molecule has 10 N–H and O–H groups in total. The van der Waals surface area contributed by atoms with E-state index in [1.165, 1.54) is 36.8 Å². The number of H-pyrrole nitrogens is 4. The number of aliphatic hydroxyl groups is 1. The fourth-order valence-corrected chi connectivity index (χ4v) is 7.81. The molecule has 11 aromatic heterocycles. The molecular weight excluding hydrogens is 1260 g/mol. The lowest BCUT2D eigenvalue weighted by molar-refractivity contribution is -0.148. The van der Waals surface area contributed by atoms with Gasteiger partial charge in [-0.1, -0.05) is 23.8 Å². The number of aliphatic imine (C=N–C) groups is 2. The van der Waals surface area contributed by atoms with Crippen molar-refractivity contribution in [2.24, 2.45) is 21.6 Å². The summed E-state index contributed by atoms with van der Waals surface area (Å²) in [5.74, 6) is 9.07. The van der Waals surface area contributed by atoms with Crippen molar-refractivity contribution >= 4 is 125 Å². The van der Waals surface area contributed by atoms with Crippen LogP contribution in [0.3, 0.4) is 0 Å². The molecule has 486 valence electrons. The molecular formula is C55H64Cl2N22O12S. The van der Waals surface area contributed by atoms with Crippen molar-refractivity contribution in [3.05, 3.63) is 115 Å². The maximum absolute atomic E-state index is 12.2. The molecule has 1 aliphatic heterocycles. The molecule has 0 spiro atoms. The summed E-state index contributed by atoms with van der Waals surface area (Å²) in [6.07, 6.45) is 20.2. The number of nitrogens with zero attached hydrogens (tertiary/aromatic N) is 15. The van der Waals surface area contributed by atoms with Crippen LogP contribution in [0.15, 0.2) is 96.7 Å². The molecule has 0 saturated heterocycles. The molecule has 0 radical (unpaired) electrons. The molecule has 0 fully saturated rings. The fraction of sp³-hybridized carbons (Fsp3) is 0.236. The molecule has 0 saturated carbocycles. The van der Waals surface area contributed by atoms with Crippen LogP contribution in [0.4, 0.5) is 0 Å². The second-order valence-electron chi connectivity index (χ2n) is 17.2. The number of aliphatic hydroxyl groups excluding tert-OH is 1. The molecule has 37 heteroatoms. The molecule has 0 aromatic carbocycles. The van der Waals surface area contributed by atoms with Gasteiger partial charge in [-0.15, -0.1) is 0 Å². The summed E-state index contributed by atoms with van der Waals surface area (Å²) in [6.45, 7) is 9.82. The normalized spacial score (nSPS) is 10.5. The van der Waals surface area contributed by atoms with E-state index >= 15 is 0 Å². The third-order valence-electron chi connectivity index (χ3n) is 11.4. The number of Topliss-reactive ketones (excluding diaryl/α,β-unsaturated/α-hetero) is 1. The van der Waals surface area contributed by atoms with Crippen molar-refractivity contribution < 1.29 is 57.5 Å². The number of aromatic nitrogens is 17. The number of esters is 2. The summed E-state index contributed by atoms with van der Waals surface area (Å²) in [5.41, 5.74) is 9.82. The number of ketones is 1. The van der Waals surface area contributed by atoms with Crippen LogP contribution >= 0.6 is 35.4 Å². The molecule has 11 aromatic rings. The lowest BCUT2D eigenvalue weighted by Gasteiger charge is -2.07. The zero-order valence-corrected chi connectivity index (χ0v) is 53.7. The number of hydrazine groups is 1. The number of methoxy groups -OCH3 is 6. The van der Waals surface area contributed by atoms with E-state index in [0.29, 0.717) is 56.5 Å². The maximum atomic E-state index is 12.2. The third kappa shape index (κ3) is 19.7. The largest absolute Gasteiger partial charge is 0.494 e. The summed E-state index contributed by atoms with van der Waals surface area (Å²) in [6, 6.07) is 5.80. The number of ether oxygens (including phenoxy) is 6. The van der Waals surface area contributed by atoms with Gasteiger partial charge in [0.1, 0.15) is 65.3 Å². The first-order valence-electron chi connectivity index (χ1n) is 26.1. The van der Waals surface area contributed by atoms with E-state index in [1.807, 2.05) is 51.4 Å². The second kappa shape index (κ2) is 37.0. The number of carbonyl (C=O) groups is 5. The summed E-state index contributed by atoms with van der Waals surface area (Å²) in [5, 5.41) is 22.3. The number of aromatic amines is 4. The minimum Gasteiger partial charge on any atom is -0.494 e. The van der Waals surface area contributed by atoms with Crippen LogP contribution < -0.4 is 35.9 Å². The lowest BCUT2D eigenvalue weighted by atomic mass is 10.1. The highest BCUT2D eigenvalue weighted by atomic mass is 35.5. The molecule has 0 atom stereocenters. The minimum atomic E-state index is -1.09. The zero-order valence-electron chi connectivity index (χ0n) is 51.4. The summed E-state index contributed by atoms with van der Waals surface area (Å²) >= 11 is 14.8. The highest BCUT2D eigenvalue weighted by Crippen LogP contribution is 2.33. The van der Waals surface area contributed by atoms with E-state index in [9.17, 15) is 19.2 Å². The molecule has 0 unspecified atom stereocenters. The molecule has 12 rings (SSSR count). The van der Waals surface area contributed by atoms with E-state index in [-0.39, 0.29) is 5.56 Å². The van der Waals surface area contributed by atoms with Gasteiger partial charge >= 0.3 is 17.2 Å². The Balaban J connectivity index is 0.000000238. The van der Waals surface area contributed by atoms with Crippen LogP contribution in [0, 0.1) is 20.8 Å². The van der Waals surface area contributed by atoms with Gasteiger partial charge in [0.15, 0.2) is 22.6 Å². The Kier molecular flexibility index (Phi) is 29.5. The van der Waals surface area contributed by atoms with Gasteiger partial charge in [-0.25, -0.2) is 64.7 Å². The Labute approximate surface area is 538 Å². The van der Waals surface area contributed by atoms with Crippen LogP contribution in [-0.4, -0.2) is 192 Å². The third-order valence-corrected chi connectivity index (χ3v) is 11.8. The topological polar surface area (TPSA) is 457 Å². The number of amides is 1. The Hall–Kier alpha value is -11.1. The highest BCUT2D eigenvalue weighted by molar-refractivity contribution is 7.80. The van der Waals surface area contributed by atoms with Crippen molar-refractivity contribution in [2.75, 3.05) is 56.3 Å². The first kappa shape index (κ1) is 73.3. The SMILES string of the molecule is CC(N)=S.CC1=NCC=N1.CO.COC(=O)C(=O)Cl.COC(=O)C(=O)c1c[nH]c2c(-n3cnc(C)n3)ncc(OC)c12.COc1cnc(-n2cnc(C)n2)c2[nH]ccc12.COc1cnc(-n2ncnc2C)c2[nH]ccc12.COc1cnc(Cl)c2[nH]ccc12.NNC=O. The van der Waals surface area contributed by atoms with Gasteiger partial charge in [0.2, 0.25) is 6.41 Å². The van der Waals surface area contributed by atoms with E-state index in [4.69, 9.17) is 46.2 Å². The van der Waals surface area contributed by atoms with Crippen molar-refractivity contribution in [1.29, 1.82) is 0 Å². The number of pyridine rings is 4. The first-order chi connectivity index (χ1) is 44.2. The predicted octanol–water partition coefficient (Wildman–Crippen LogP) is 4.88. The van der Waals surface area contributed by atoms with Gasteiger partial charge in [-0.2, -0.15) is 20.0 Å². The number of hydrogen-bond donors (Lipinski definition) is 8. The van der Waals surface area contributed by atoms with Crippen molar-refractivity contribution in [3.63, 3.8) is 0 Å². The Morgan fingerprint density at radius 1 is 0.663 bits per heavy atom. The smallest absolute Gasteiger partial charge is 0.391 e. The Morgan fingerprint density at radius 2 is 1.11 bits per heavy atom. The quantitative estimate of drug-likeness (QED) is 0.00817. The minimum absolute atomic E-state index is 0.143. The molecule has 34 nitrogen and oxygen atoms in total. The van der Waals surface area contributed by atoms with Crippen molar-refractivity contribution in [1.82, 2.24) is 89.6 Å². The molecule has 0 bridgehead atoms. The fourth-order valence-electron chi connectivity index (χ4n) is 7.53. The van der Waals surface area contributed by atoms with Gasteiger partial charge < -0.3 is 59.2 Å². The zero-order chi connectivity index (χ0) is 68.0. The molecule has 92 heavy (non-hydrogen) atoms. The molecule has 1 aliphatic rings. The second-order valence-corrected chi connectivity index (χ2v) is 18.5. The standard InChI is InChI=1S/C14H13N5O4.2C11H11N5O.C8H7ClN2O.C4H6N2.C3H3ClO3.C2H5NS.CH4N2O.CH4O/c1-7-17-6-19(18-7)13-11-10(9(22-2)5-16-13)8(4-15-11)12(20)14(21)23-3;1-7-14-6-16(15-7)11-10-8(3-4-12-10)9(17-2)5-13-11;1-7-14-6-15-16(7)11-10-8(3-4-12-10)9(17-2)5-13-11;1-12-6-4-11-8(9)7-5(6)2-3-10-7;1-4-5-2-3-6-4;1-7-3(6)2(4)5;1-2(3)4;2-3-1-4;1-2/h4-6,15H,1-3H3;2*3-6,12H,1-2H3;2-4,10H,1H3;2H,3H2,1H3;1H3;1H3,(H2,3,4);1H,2H2,(H,3,4);2H,1H3. The van der Waals surface area contributed by atoms with E-state index in [0.717, 1.165) is 95.3 Å². The van der Waals surface area contributed by atoms with Crippen molar-refractivity contribution in [2.45, 2.75) is 34.6 Å². The average molecular weight is 1330 g/mol. The number of thiocarbonyl (C=S) groups is 1. The number of halogens is 2. The number of carbonyl (C=O) groups excluding carboxylic acids is 5. The van der Waals surface area contributed by atoms with Crippen LogP contribution in [-0.2, 0) is 28.7 Å². The summed E-state index contributed by atoms with van der Waals surface area (Å²) in [7, 11) is 9.55. The van der Waals surface area contributed by atoms with Gasteiger partial charge in [0.05, 0.1) is 112 Å². The number of aryl methyl sites for hydroxylation is 3. The monoisotopic (exact) mass is 1330 g/mol. The molecule has 0 aliphatic carbocycles. The average Bonchev–Trinajstić information content (AvgIpc) is 1.79. The van der Waals surface area contributed by atoms with Gasteiger partial charge in [-0.3, -0.25) is 24.8 Å². The summed E-state index contributed by atoms with van der Waals surface area (Å²) in [4.78, 5) is 102. The van der Waals surface area contributed by atoms with Crippen LogP contribution in [0.1, 0.15) is 41.7 Å². The Bertz CT molecular complexity index is 4300. The number of amidine groups is 1. The van der Waals surface area contributed by atoms with E-state index in [2.05, 4.69) is 119 Å². The van der Waals surface area contributed by atoms with Crippen molar-refractivity contribution in [3.8, 4) is 40.5 Å². The van der Waals surface area contributed by atoms with Gasteiger partial charge in [-0.05, 0) is 64.4 Å². The van der Waals surface area contributed by atoms with E-state index in [1.54, 1.807) is 87.3 Å². The van der Waals surface area contributed by atoms with E-state index < -0.39 is 23.0 Å². The highest BCUT2D eigenvalue weighted by Gasteiger charge is 2.25. The number of nitrogens with one attached hydrogen (secondary N) is 5. The predicted molar refractivity (Wildman–Crippen MR) is 344 cm³/mol. The van der Waals surface area contributed by atoms with Gasteiger partial charge in [0.25, 0.3) is 5.78 Å².